The molecule has 0 aromatic rings. The summed E-state index contributed by atoms with van der Waals surface area (Å²) in [5.41, 5.74) is 0. The number of nitrogens with zero attached hydrogens (tertiary/aromatic N) is 2. The summed E-state index contributed by atoms with van der Waals surface area (Å²) in [4.78, 5) is 0. The van der Waals surface area contributed by atoms with Gasteiger partial charge in [-0.25, -0.2) is 0 Å². The Balaban J connectivity index is 3.39. The second-order valence-electron chi connectivity index (χ2n) is 3.24. The van der Waals surface area contributed by atoms with Crippen molar-refractivity contribution in [3.63, 3.8) is 0 Å². The fourth-order valence-electron chi connectivity index (χ4n) is 0.744. The van der Waals surface area contributed by atoms with E-state index < -0.39 is 0 Å². The van der Waals surface area contributed by atoms with Crippen molar-refractivity contribution >= 4 is 0 Å². The SMILES string of the molecule is CC[N+](C)(C)CCCC#N. The normalized spacial score (nSPS) is 11.0. The Kier molecular flexibility index (Phi) is 4.06. The third kappa shape index (κ3) is 4.34. The summed E-state index contributed by atoms with van der Waals surface area (Å²) in [5.74, 6) is 0. The van der Waals surface area contributed by atoms with Crippen LogP contribution >= 0.6 is 0 Å². The summed E-state index contributed by atoms with van der Waals surface area (Å²) in [7, 11) is 4.38. The van der Waals surface area contributed by atoms with E-state index in [2.05, 4.69) is 27.1 Å². The van der Waals surface area contributed by atoms with Gasteiger partial charge in [-0.15, -0.1) is 0 Å². The van der Waals surface area contributed by atoms with Crippen molar-refractivity contribution in [2.45, 2.75) is 19.8 Å². The lowest BCUT2D eigenvalue weighted by atomic mass is 10.3. The van der Waals surface area contributed by atoms with Crippen molar-refractivity contribution < 1.29 is 4.48 Å². The van der Waals surface area contributed by atoms with Crippen molar-refractivity contribution in [1.29, 1.82) is 5.26 Å². The van der Waals surface area contributed by atoms with Crippen LogP contribution in [0.25, 0.3) is 0 Å². The van der Waals surface area contributed by atoms with Crippen LogP contribution in [0.1, 0.15) is 19.8 Å². The molecular formula is C8H17N2+. The zero-order valence-electron chi connectivity index (χ0n) is 7.22. The largest absolute Gasteiger partial charge is 0.329 e. The van der Waals surface area contributed by atoms with Crippen LogP contribution in [0.15, 0.2) is 0 Å². The van der Waals surface area contributed by atoms with Crippen molar-refractivity contribution in [2.24, 2.45) is 0 Å². The molecule has 0 bridgehead atoms. The van der Waals surface area contributed by atoms with E-state index in [0.717, 1.165) is 24.0 Å². The van der Waals surface area contributed by atoms with E-state index in [1.54, 1.807) is 0 Å². The monoisotopic (exact) mass is 141 g/mol. The summed E-state index contributed by atoms with van der Waals surface area (Å²) in [5, 5.41) is 8.28. The molecular weight excluding hydrogens is 124 g/mol. The zero-order valence-corrected chi connectivity index (χ0v) is 7.22. The quantitative estimate of drug-likeness (QED) is 0.428. The van der Waals surface area contributed by atoms with Gasteiger partial charge in [-0.05, 0) is 6.92 Å². The first-order valence-electron chi connectivity index (χ1n) is 3.81. The highest BCUT2D eigenvalue weighted by atomic mass is 15.3. The molecule has 0 rings (SSSR count). The highest BCUT2D eigenvalue weighted by Crippen LogP contribution is 1.99. The van der Waals surface area contributed by atoms with Crippen molar-refractivity contribution in [3.8, 4) is 6.07 Å². The third-order valence-electron chi connectivity index (χ3n) is 1.91. The van der Waals surface area contributed by atoms with Crippen LogP contribution in [0.5, 0.6) is 0 Å². The summed E-state index contributed by atoms with van der Waals surface area (Å²) < 4.78 is 1.03. The molecule has 0 saturated carbocycles. The van der Waals surface area contributed by atoms with Gasteiger partial charge in [0.1, 0.15) is 0 Å². The number of nitriles is 1. The van der Waals surface area contributed by atoms with Crippen molar-refractivity contribution in [3.05, 3.63) is 0 Å². The minimum Gasteiger partial charge on any atom is -0.329 e. The fraction of sp³-hybridized carbons (Fsp3) is 0.875. The van der Waals surface area contributed by atoms with Crippen LogP contribution in [0, 0.1) is 11.3 Å². The van der Waals surface area contributed by atoms with Crippen LogP contribution in [0.3, 0.4) is 0 Å². The molecule has 0 N–H and O–H groups in total. The first-order valence-corrected chi connectivity index (χ1v) is 3.81. The van der Waals surface area contributed by atoms with Gasteiger partial charge in [0.15, 0.2) is 0 Å². The highest BCUT2D eigenvalue weighted by Gasteiger charge is 2.09. The molecule has 0 radical (unpaired) electrons. The predicted octanol–water partition coefficient (Wildman–Crippen LogP) is 1.39. The maximum atomic E-state index is 8.28. The van der Waals surface area contributed by atoms with Gasteiger partial charge < -0.3 is 4.48 Å². The first-order chi connectivity index (χ1) is 4.62. The molecule has 0 aliphatic rings. The minimum atomic E-state index is 0.696. The maximum Gasteiger partial charge on any atom is 0.0792 e. The molecule has 0 fully saturated rings. The Morgan fingerprint density at radius 2 is 2.00 bits per heavy atom. The molecule has 10 heavy (non-hydrogen) atoms. The summed E-state index contributed by atoms with van der Waals surface area (Å²) in [6, 6.07) is 2.15. The number of quaternary nitrogens is 1. The second-order valence-corrected chi connectivity index (χ2v) is 3.24. The fourth-order valence-corrected chi connectivity index (χ4v) is 0.744. The van der Waals surface area contributed by atoms with Gasteiger partial charge in [0.2, 0.25) is 0 Å². The molecule has 0 aliphatic carbocycles. The summed E-state index contributed by atoms with van der Waals surface area (Å²) >= 11 is 0. The van der Waals surface area contributed by atoms with E-state index in [-0.39, 0.29) is 0 Å². The Hall–Kier alpha value is -0.550. The lowest BCUT2D eigenvalue weighted by molar-refractivity contribution is -0.888. The minimum absolute atomic E-state index is 0.696. The van der Waals surface area contributed by atoms with Gasteiger partial charge in [-0.3, -0.25) is 0 Å². The number of hydrogen-bond acceptors (Lipinski definition) is 1. The van der Waals surface area contributed by atoms with Gasteiger partial charge in [0, 0.05) is 12.8 Å². The molecule has 0 saturated heterocycles. The Labute approximate surface area is 63.7 Å². The van der Waals surface area contributed by atoms with Gasteiger partial charge in [-0.2, -0.15) is 5.26 Å². The van der Waals surface area contributed by atoms with Crippen molar-refractivity contribution in [1.82, 2.24) is 0 Å². The van der Waals surface area contributed by atoms with E-state index in [9.17, 15) is 0 Å². The number of unbranched alkanes of at least 4 members (excludes halogenated alkanes) is 1. The molecule has 2 heteroatoms. The highest BCUT2D eigenvalue weighted by molar-refractivity contribution is 4.67. The van der Waals surface area contributed by atoms with Gasteiger partial charge in [0.25, 0.3) is 0 Å². The molecule has 0 amide bonds. The van der Waals surface area contributed by atoms with Gasteiger partial charge >= 0.3 is 0 Å². The molecule has 0 unspecified atom stereocenters. The molecule has 0 heterocycles. The standard InChI is InChI=1S/C8H17N2/c1-4-10(2,3)8-6-5-7-9/h4-6,8H2,1-3H3/q+1. The Morgan fingerprint density at radius 1 is 1.40 bits per heavy atom. The van der Waals surface area contributed by atoms with E-state index in [4.69, 9.17) is 5.26 Å². The van der Waals surface area contributed by atoms with Crippen LogP contribution in [0.4, 0.5) is 0 Å². The predicted molar refractivity (Wildman–Crippen MR) is 42.4 cm³/mol. The molecule has 58 valence electrons. The zero-order chi connectivity index (χ0) is 8.04. The van der Waals surface area contributed by atoms with E-state index >= 15 is 0 Å². The van der Waals surface area contributed by atoms with E-state index in [1.807, 2.05) is 0 Å². The van der Waals surface area contributed by atoms with Crippen LogP contribution in [0.2, 0.25) is 0 Å². The average molecular weight is 141 g/mol. The lowest BCUT2D eigenvalue weighted by Crippen LogP contribution is -2.39. The third-order valence-corrected chi connectivity index (χ3v) is 1.91. The molecule has 0 aromatic carbocycles. The molecule has 0 atom stereocenters. The topological polar surface area (TPSA) is 23.8 Å². The average Bonchev–Trinajstić information content (AvgIpc) is 1.89. The van der Waals surface area contributed by atoms with E-state index in [1.165, 1.54) is 0 Å². The first kappa shape index (κ1) is 9.45. The summed E-state index contributed by atoms with van der Waals surface area (Å²) in [6.45, 7) is 4.43. The molecule has 0 aliphatic heterocycles. The smallest absolute Gasteiger partial charge is 0.0792 e. The Bertz CT molecular complexity index is 122. The molecule has 0 aromatic heterocycles. The van der Waals surface area contributed by atoms with Gasteiger partial charge in [-0.1, -0.05) is 0 Å². The number of hydrogen-bond donors (Lipinski definition) is 0. The number of rotatable bonds is 4. The molecule has 0 spiro atoms. The Morgan fingerprint density at radius 3 is 2.40 bits per heavy atom. The van der Waals surface area contributed by atoms with E-state index in [0.29, 0.717) is 6.42 Å². The van der Waals surface area contributed by atoms with Gasteiger partial charge in [0.05, 0.1) is 33.3 Å². The van der Waals surface area contributed by atoms with Crippen LogP contribution in [-0.2, 0) is 0 Å². The van der Waals surface area contributed by atoms with Crippen LogP contribution in [-0.4, -0.2) is 31.7 Å². The lowest BCUT2D eigenvalue weighted by Gasteiger charge is -2.27. The molecule has 2 nitrogen and oxygen atoms in total. The summed E-state index contributed by atoms with van der Waals surface area (Å²) in [6.07, 6.45) is 1.72. The van der Waals surface area contributed by atoms with Crippen molar-refractivity contribution in [2.75, 3.05) is 27.2 Å². The van der Waals surface area contributed by atoms with Crippen LogP contribution < -0.4 is 0 Å². The second kappa shape index (κ2) is 4.29. The maximum absolute atomic E-state index is 8.28.